The highest BCUT2D eigenvalue weighted by atomic mass is 19.4. The normalized spacial score (nSPS) is 16.8. The average molecular weight is 439 g/mol. The molecule has 1 amide bonds. The number of aryl methyl sites for hydroxylation is 1. The van der Waals surface area contributed by atoms with E-state index in [0.29, 0.717) is 30.6 Å². The number of amides is 1. The molecule has 7 heteroatoms. The summed E-state index contributed by atoms with van der Waals surface area (Å²) < 4.78 is 39.2. The number of likely N-dealkylation sites (tertiary alicyclic amines) is 1. The van der Waals surface area contributed by atoms with Gasteiger partial charge in [0.2, 0.25) is 0 Å². The van der Waals surface area contributed by atoms with Crippen LogP contribution in [0, 0.1) is 6.92 Å². The van der Waals surface area contributed by atoms with Crippen LogP contribution < -0.4 is 0 Å². The minimum atomic E-state index is -4.36. The van der Waals surface area contributed by atoms with Crippen molar-refractivity contribution in [2.45, 2.75) is 38.3 Å². The number of carbonyl (C=O) groups excluding carboxylic acids is 1. The topological polar surface area (TPSA) is 46.1 Å². The zero-order chi connectivity index (χ0) is 22.7. The fourth-order valence-corrected chi connectivity index (χ4v) is 4.25. The molecular weight excluding hydrogens is 415 g/mol. The first-order valence-corrected chi connectivity index (χ1v) is 10.6. The van der Waals surface area contributed by atoms with Gasteiger partial charge in [-0.2, -0.15) is 13.2 Å². The second kappa shape index (κ2) is 9.10. The summed E-state index contributed by atoms with van der Waals surface area (Å²) in [6.07, 6.45) is 1.03. The van der Waals surface area contributed by atoms with Gasteiger partial charge in [-0.3, -0.25) is 14.8 Å². The fourth-order valence-electron chi connectivity index (χ4n) is 4.25. The summed E-state index contributed by atoms with van der Waals surface area (Å²) in [4.78, 5) is 23.4. The van der Waals surface area contributed by atoms with E-state index in [1.54, 1.807) is 30.6 Å². The van der Waals surface area contributed by atoms with E-state index >= 15 is 0 Å². The molecule has 32 heavy (non-hydrogen) atoms. The molecule has 166 valence electrons. The molecular formula is C25H24F3N3O. The minimum Gasteiger partial charge on any atom is -0.338 e. The maximum Gasteiger partial charge on any atom is 0.416 e. The Hall–Kier alpha value is -3.22. The number of aromatic nitrogens is 2. The maximum atomic E-state index is 13.1. The third-order valence-electron chi connectivity index (χ3n) is 5.73. The fraction of sp³-hybridized carbons (Fsp3) is 0.320. The Kier molecular flexibility index (Phi) is 6.26. The molecule has 4 rings (SSSR count). The number of carbonyl (C=O) groups is 1. The van der Waals surface area contributed by atoms with E-state index in [4.69, 9.17) is 4.98 Å². The second-order valence-corrected chi connectivity index (χ2v) is 8.25. The zero-order valence-corrected chi connectivity index (χ0v) is 17.8. The Morgan fingerprint density at radius 2 is 1.97 bits per heavy atom. The molecule has 0 aliphatic carbocycles. The van der Waals surface area contributed by atoms with Gasteiger partial charge in [0.1, 0.15) is 0 Å². The van der Waals surface area contributed by atoms with Gasteiger partial charge in [0.15, 0.2) is 0 Å². The Morgan fingerprint density at radius 1 is 1.12 bits per heavy atom. The highest BCUT2D eigenvalue weighted by Crippen LogP contribution is 2.31. The van der Waals surface area contributed by atoms with Crippen LogP contribution in [0.15, 0.2) is 60.9 Å². The van der Waals surface area contributed by atoms with E-state index in [2.05, 4.69) is 4.98 Å². The van der Waals surface area contributed by atoms with Crippen LogP contribution >= 0.6 is 0 Å². The second-order valence-electron chi connectivity index (χ2n) is 8.25. The first-order valence-electron chi connectivity index (χ1n) is 10.6. The Balaban J connectivity index is 1.53. The summed E-state index contributed by atoms with van der Waals surface area (Å²) in [6.45, 7) is 3.14. The molecule has 0 spiro atoms. The number of benzene rings is 1. The quantitative estimate of drug-likeness (QED) is 0.546. The van der Waals surface area contributed by atoms with Crippen molar-refractivity contribution < 1.29 is 18.0 Å². The molecule has 1 saturated heterocycles. The number of nitrogens with zero attached hydrogens (tertiary/aromatic N) is 3. The number of halogens is 3. The van der Waals surface area contributed by atoms with Crippen molar-refractivity contribution in [1.82, 2.24) is 14.9 Å². The molecule has 1 unspecified atom stereocenters. The van der Waals surface area contributed by atoms with Gasteiger partial charge < -0.3 is 4.90 Å². The number of piperidine rings is 1. The van der Waals surface area contributed by atoms with E-state index in [0.717, 1.165) is 35.9 Å². The van der Waals surface area contributed by atoms with Crippen molar-refractivity contribution >= 4 is 5.91 Å². The van der Waals surface area contributed by atoms with E-state index in [1.807, 2.05) is 24.0 Å². The predicted molar refractivity (Wildman–Crippen MR) is 115 cm³/mol. The monoisotopic (exact) mass is 439 g/mol. The standard InChI is InChI=1S/C25H24F3N3O/c1-17-11-19(12-18-5-2-8-22(13-18)25(26,27)28)14-23(30-17)21-7-4-10-31(16-21)24(32)20-6-3-9-29-15-20/h2-3,5-6,8-9,11,13-15,21H,4,7,10,12,16H2,1H3. The van der Waals surface area contributed by atoms with E-state index < -0.39 is 11.7 Å². The Bertz CT molecular complexity index is 1100. The van der Waals surface area contributed by atoms with Crippen molar-refractivity contribution in [2.75, 3.05) is 13.1 Å². The number of hydrogen-bond donors (Lipinski definition) is 0. The van der Waals surface area contributed by atoms with Gasteiger partial charge in [-0.05, 0) is 67.6 Å². The highest BCUT2D eigenvalue weighted by molar-refractivity contribution is 5.94. The summed E-state index contributed by atoms with van der Waals surface area (Å²) in [7, 11) is 0. The lowest BCUT2D eigenvalue weighted by molar-refractivity contribution is -0.137. The largest absolute Gasteiger partial charge is 0.416 e. The van der Waals surface area contributed by atoms with Crippen LogP contribution in [-0.2, 0) is 12.6 Å². The number of hydrogen-bond acceptors (Lipinski definition) is 3. The molecule has 0 saturated carbocycles. The molecule has 0 radical (unpaired) electrons. The molecule has 0 N–H and O–H groups in total. The first kappa shape index (κ1) is 22.0. The van der Waals surface area contributed by atoms with Crippen LogP contribution in [0.2, 0.25) is 0 Å². The molecule has 0 bridgehead atoms. The Labute approximate surface area is 185 Å². The van der Waals surface area contributed by atoms with Gasteiger partial charge in [0.05, 0.1) is 11.1 Å². The van der Waals surface area contributed by atoms with Crippen molar-refractivity contribution in [3.05, 3.63) is 94.6 Å². The van der Waals surface area contributed by atoms with Crippen LogP contribution in [0.3, 0.4) is 0 Å². The minimum absolute atomic E-state index is 0.0420. The molecule has 1 fully saturated rings. The van der Waals surface area contributed by atoms with Crippen molar-refractivity contribution in [3.8, 4) is 0 Å². The van der Waals surface area contributed by atoms with Crippen LogP contribution in [0.25, 0.3) is 0 Å². The molecule has 1 aromatic carbocycles. The van der Waals surface area contributed by atoms with E-state index in [1.165, 1.54) is 12.1 Å². The summed E-state index contributed by atoms with van der Waals surface area (Å²) in [5.74, 6) is 0.0455. The Morgan fingerprint density at radius 3 is 2.72 bits per heavy atom. The maximum absolute atomic E-state index is 13.1. The van der Waals surface area contributed by atoms with Gasteiger partial charge in [-0.1, -0.05) is 18.2 Å². The molecule has 3 heterocycles. The summed E-state index contributed by atoms with van der Waals surface area (Å²) in [6, 6.07) is 12.8. The van der Waals surface area contributed by atoms with E-state index in [9.17, 15) is 18.0 Å². The van der Waals surface area contributed by atoms with Gasteiger partial charge in [-0.15, -0.1) is 0 Å². The molecule has 1 aliphatic heterocycles. The van der Waals surface area contributed by atoms with Gasteiger partial charge >= 0.3 is 6.18 Å². The lowest BCUT2D eigenvalue weighted by Gasteiger charge is -2.32. The van der Waals surface area contributed by atoms with Gasteiger partial charge in [0.25, 0.3) is 5.91 Å². The first-order chi connectivity index (χ1) is 15.3. The number of pyridine rings is 2. The van der Waals surface area contributed by atoms with Gasteiger partial charge in [0, 0.05) is 42.8 Å². The summed E-state index contributed by atoms with van der Waals surface area (Å²) >= 11 is 0. The zero-order valence-electron chi connectivity index (χ0n) is 17.8. The van der Waals surface area contributed by atoms with Crippen LogP contribution in [-0.4, -0.2) is 33.9 Å². The van der Waals surface area contributed by atoms with Crippen LogP contribution in [0.1, 0.15) is 57.2 Å². The van der Waals surface area contributed by atoms with Crippen LogP contribution in [0.5, 0.6) is 0 Å². The van der Waals surface area contributed by atoms with Gasteiger partial charge in [-0.25, -0.2) is 0 Å². The third-order valence-corrected chi connectivity index (χ3v) is 5.73. The number of rotatable bonds is 4. The lowest BCUT2D eigenvalue weighted by Crippen LogP contribution is -2.39. The molecule has 2 aromatic heterocycles. The molecule has 3 aromatic rings. The third kappa shape index (κ3) is 5.15. The molecule has 4 nitrogen and oxygen atoms in total. The number of alkyl halides is 3. The highest BCUT2D eigenvalue weighted by Gasteiger charge is 2.30. The molecule has 1 aliphatic rings. The predicted octanol–water partition coefficient (Wildman–Crippen LogP) is 5.41. The van der Waals surface area contributed by atoms with E-state index in [-0.39, 0.29) is 11.8 Å². The average Bonchev–Trinajstić information content (AvgIpc) is 2.78. The van der Waals surface area contributed by atoms with Crippen molar-refractivity contribution in [3.63, 3.8) is 0 Å². The smallest absolute Gasteiger partial charge is 0.338 e. The van der Waals surface area contributed by atoms with Crippen molar-refractivity contribution in [2.24, 2.45) is 0 Å². The SMILES string of the molecule is Cc1cc(Cc2cccc(C(F)(F)F)c2)cc(C2CCCN(C(=O)c3cccnc3)C2)n1. The lowest BCUT2D eigenvalue weighted by atomic mass is 9.92. The summed E-state index contributed by atoms with van der Waals surface area (Å²) in [5, 5.41) is 0. The molecule has 1 atom stereocenters. The summed E-state index contributed by atoms with van der Waals surface area (Å²) in [5.41, 5.74) is 3.15. The van der Waals surface area contributed by atoms with Crippen LogP contribution in [0.4, 0.5) is 13.2 Å². The van der Waals surface area contributed by atoms with Crippen molar-refractivity contribution in [1.29, 1.82) is 0 Å².